The van der Waals surface area contributed by atoms with Gasteiger partial charge in [-0.05, 0) is 62.7 Å². The lowest BCUT2D eigenvalue weighted by atomic mass is 9.77. The van der Waals surface area contributed by atoms with Crippen LogP contribution in [0, 0.1) is 0 Å². The highest BCUT2D eigenvalue weighted by molar-refractivity contribution is 6.31. The maximum atomic E-state index is 6.61. The van der Waals surface area contributed by atoms with Gasteiger partial charge in [0, 0.05) is 18.5 Å². The molecule has 0 spiro atoms. The Morgan fingerprint density at radius 2 is 1.26 bits per heavy atom. The quantitative estimate of drug-likeness (QED) is 0.121. The van der Waals surface area contributed by atoms with Gasteiger partial charge in [-0.15, -0.1) is 5.10 Å². The zero-order valence-electron chi connectivity index (χ0n) is 28.4. The van der Waals surface area contributed by atoms with Gasteiger partial charge in [0.1, 0.15) is 11.4 Å². The van der Waals surface area contributed by atoms with E-state index in [1.165, 1.54) is 0 Å². The van der Waals surface area contributed by atoms with Crippen molar-refractivity contribution in [3.05, 3.63) is 185 Å². The van der Waals surface area contributed by atoms with Crippen molar-refractivity contribution in [2.45, 2.75) is 45.2 Å². The Balaban J connectivity index is 1.34. The molecule has 0 saturated heterocycles. The van der Waals surface area contributed by atoms with Gasteiger partial charge in [0.25, 0.3) is 0 Å². The molecule has 0 saturated carbocycles. The first-order valence-electron chi connectivity index (χ1n) is 17.1. The molecule has 7 rings (SSSR count). The van der Waals surface area contributed by atoms with Crippen molar-refractivity contribution in [2.75, 3.05) is 0 Å². The lowest BCUT2D eigenvalue weighted by molar-refractivity contribution is 0.451. The molecule has 6 nitrogen and oxygen atoms in total. The largest absolute Gasteiger partial charge is 0.323 e. The molecule has 2 heterocycles. The second-order valence-electron chi connectivity index (χ2n) is 12.6. The molecule has 248 valence electrons. The number of benzene rings is 5. The molecular formula is C43H39ClN6. The number of imidazole rings is 1. The van der Waals surface area contributed by atoms with Crippen LogP contribution in [0.15, 0.2) is 146 Å². The number of halogens is 1. The molecule has 0 aliphatic heterocycles. The number of hydrogen-bond donors (Lipinski definition) is 0. The van der Waals surface area contributed by atoms with Crippen LogP contribution in [0.2, 0.25) is 5.15 Å². The van der Waals surface area contributed by atoms with Crippen LogP contribution in [0.3, 0.4) is 0 Å². The van der Waals surface area contributed by atoms with E-state index in [1.807, 2.05) is 35.9 Å². The zero-order chi connectivity index (χ0) is 34.5. The fraction of sp³-hybridized carbons (Fsp3) is 0.163. The molecule has 0 aliphatic carbocycles. The van der Waals surface area contributed by atoms with Gasteiger partial charge in [-0.2, -0.15) is 0 Å². The maximum Gasteiger partial charge on any atom is 0.184 e. The highest BCUT2D eigenvalue weighted by Crippen LogP contribution is 2.43. The Morgan fingerprint density at radius 3 is 1.80 bits per heavy atom. The Hall–Kier alpha value is -5.59. The maximum absolute atomic E-state index is 6.61. The average molecular weight is 675 g/mol. The number of tetrazole rings is 1. The second kappa shape index (κ2) is 14.5. The second-order valence-corrected chi connectivity index (χ2v) is 13.0. The summed E-state index contributed by atoms with van der Waals surface area (Å²) in [5.74, 6) is 1.66. The molecule has 0 atom stereocenters. The van der Waals surface area contributed by atoms with Crippen LogP contribution >= 0.6 is 11.6 Å². The monoisotopic (exact) mass is 674 g/mol. The number of unbranched alkanes of at least 4 members (excludes halogenated alkanes) is 1. The molecule has 0 bridgehead atoms. The summed E-state index contributed by atoms with van der Waals surface area (Å²) in [6, 6.07) is 48.5. The molecule has 0 aliphatic rings. The number of hydrogen-bond acceptors (Lipinski definition) is 4. The van der Waals surface area contributed by atoms with Gasteiger partial charge in [0.15, 0.2) is 11.0 Å². The van der Waals surface area contributed by atoms with E-state index in [1.54, 1.807) is 0 Å². The first-order chi connectivity index (χ1) is 24.5. The molecule has 2 aromatic heterocycles. The van der Waals surface area contributed by atoms with Gasteiger partial charge in [-0.3, -0.25) is 0 Å². The summed E-state index contributed by atoms with van der Waals surface area (Å²) in [5, 5.41) is 14.3. The van der Waals surface area contributed by atoms with E-state index in [-0.39, 0.29) is 0 Å². The van der Waals surface area contributed by atoms with Crippen molar-refractivity contribution < 1.29 is 0 Å². The summed E-state index contributed by atoms with van der Waals surface area (Å²) in [7, 11) is 0. The van der Waals surface area contributed by atoms with Gasteiger partial charge in [0.05, 0.1) is 5.69 Å². The van der Waals surface area contributed by atoms with Crippen molar-refractivity contribution in [3.63, 3.8) is 0 Å². The van der Waals surface area contributed by atoms with Crippen LogP contribution in [-0.2, 0) is 18.5 Å². The third-order valence-corrected chi connectivity index (χ3v) is 9.56. The summed E-state index contributed by atoms with van der Waals surface area (Å²) in [6.45, 7) is 9.02. The predicted octanol–water partition coefficient (Wildman–Crippen LogP) is 10.1. The molecule has 50 heavy (non-hydrogen) atoms. The standard InChI is InChI=1S/C43H39ClN6/c1-4-5-25-39-45-41(44)40(31(2)3)49(39)30-32-26-28-33(29-27-32)37-23-15-16-24-38(37)42-46-47-48-50(42)43(34-17-9-6-10-18-34,35-19-11-7-12-20-35)36-21-13-8-14-22-36/h6-24,26-29H,2,4-5,25,30H2,1,3H3. The summed E-state index contributed by atoms with van der Waals surface area (Å²) < 4.78 is 4.20. The smallest absolute Gasteiger partial charge is 0.184 e. The number of rotatable bonds is 12. The van der Waals surface area contributed by atoms with Crippen molar-refractivity contribution in [1.29, 1.82) is 0 Å². The molecule has 0 N–H and O–H groups in total. The Labute approximate surface area is 298 Å². The lowest BCUT2D eigenvalue weighted by Gasteiger charge is -2.36. The number of allylic oxidation sites excluding steroid dienone is 1. The number of nitrogens with zero attached hydrogens (tertiary/aromatic N) is 6. The molecule has 0 unspecified atom stereocenters. The molecular weight excluding hydrogens is 636 g/mol. The molecule has 0 amide bonds. The Bertz CT molecular complexity index is 2110. The summed E-state index contributed by atoms with van der Waals surface area (Å²) >= 11 is 6.61. The van der Waals surface area contributed by atoms with Crippen LogP contribution in [0.5, 0.6) is 0 Å². The third-order valence-electron chi connectivity index (χ3n) is 9.30. The minimum Gasteiger partial charge on any atom is -0.323 e. The van der Waals surface area contributed by atoms with E-state index >= 15 is 0 Å². The number of aromatic nitrogens is 6. The first kappa shape index (κ1) is 32.9. The van der Waals surface area contributed by atoms with E-state index in [4.69, 9.17) is 26.9 Å². The van der Waals surface area contributed by atoms with Gasteiger partial charge in [-0.1, -0.05) is 171 Å². The molecule has 7 aromatic rings. The van der Waals surface area contributed by atoms with E-state index < -0.39 is 5.54 Å². The van der Waals surface area contributed by atoms with E-state index in [0.717, 1.165) is 75.3 Å². The highest BCUT2D eigenvalue weighted by Gasteiger charge is 2.42. The SMILES string of the molecule is C=C(C)c1c(Cl)nc(CCCC)n1Cc1ccc(-c2ccccc2-c2nnnn2C(c2ccccc2)(c2ccccc2)c2ccccc2)cc1. The topological polar surface area (TPSA) is 61.4 Å². The lowest BCUT2D eigenvalue weighted by Crippen LogP contribution is -2.39. The summed E-state index contributed by atoms with van der Waals surface area (Å²) in [5.41, 5.74) is 8.33. The summed E-state index contributed by atoms with van der Waals surface area (Å²) in [6.07, 6.45) is 3.02. The van der Waals surface area contributed by atoms with Crippen LogP contribution in [0.4, 0.5) is 0 Å². The minimum atomic E-state index is -0.845. The van der Waals surface area contributed by atoms with E-state index in [2.05, 4.69) is 139 Å². The fourth-order valence-electron chi connectivity index (χ4n) is 6.96. The molecule has 0 fully saturated rings. The van der Waals surface area contributed by atoms with Gasteiger partial charge >= 0.3 is 0 Å². The predicted molar refractivity (Wildman–Crippen MR) is 203 cm³/mol. The van der Waals surface area contributed by atoms with Crippen molar-refractivity contribution >= 4 is 17.2 Å². The van der Waals surface area contributed by atoms with Crippen molar-refractivity contribution in [3.8, 4) is 22.5 Å². The van der Waals surface area contributed by atoms with Crippen LogP contribution < -0.4 is 0 Å². The van der Waals surface area contributed by atoms with Crippen LogP contribution in [0.25, 0.3) is 28.1 Å². The van der Waals surface area contributed by atoms with Gasteiger partial charge in [-0.25, -0.2) is 9.67 Å². The van der Waals surface area contributed by atoms with Crippen molar-refractivity contribution in [1.82, 2.24) is 29.8 Å². The molecule has 0 radical (unpaired) electrons. The first-order valence-corrected chi connectivity index (χ1v) is 17.4. The van der Waals surface area contributed by atoms with Gasteiger partial charge < -0.3 is 4.57 Å². The van der Waals surface area contributed by atoms with E-state index in [0.29, 0.717) is 17.5 Å². The Kier molecular flexibility index (Phi) is 9.54. The van der Waals surface area contributed by atoms with Crippen LogP contribution in [0.1, 0.15) is 60.5 Å². The fourth-order valence-corrected chi connectivity index (χ4v) is 7.32. The molecule has 5 aromatic carbocycles. The van der Waals surface area contributed by atoms with Crippen LogP contribution in [-0.4, -0.2) is 29.8 Å². The van der Waals surface area contributed by atoms with Gasteiger partial charge in [0.2, 0.25) is 0 Å². The zero-order valence-corrected chi connectivity index (χ0v) is 29.1. The normalized spacial score (nSPS) is 11.5. The number of aryl methyl sites for hydroxylation is 1. The molecule has 7 heteroatoms. The van der Waals surface area contributed by atoms with E-state index in [9.17, 15) is 0 Å². The van der Waals surface area contributed by atoms with Crippen molar-refractivity contribution in [2.24, 2.45) is 0 Å². The average Bonchev–Trinajstić information content (AvgIpc) is 3.77. The third kappa shape index (κ3) is 6.08. The highest BCUT2D eigenvalue weighted by atomic mass is 35.5. The minimum absolute atomic E-state index is 0.518. The summed E-state index contributed by atoms with van der Waals surface area (Å²) in [4.78, 5) is 4.71. The Morgan fingerprint density at radius 1 is 0.720 bits per heavy atom.